The zero-order valence-corrected chi connectivity index (χ0v) is 16.6. The van der Waals surface area contributed by atoms with Crippen LogP contribution in [0.5, 0.6) is 17.2 Å². The summed E-state index contributed by atoms with van der Waals surface area (Å²) >= 11 is 0. The highest BCUT2D eigenvalue weighted by molar-refractivity contribution is 5.84. The highest BCUT2D eigenvalue weighted by Gasteiger charge is 2.23. The van der Waals surface area contributed by atoms with Gasteiger partial charge in [0.15, 0.2) is 11.5 Å². The Bertz CT molecular complexity index is 1080. The third-order valence-electron chi connectivity index (χ3n) is 4.91. The predicted octanol–water partition coefficient (Wildman–Crippen LogP) is 4.79. The van der Waals surface area contributed by atoms with Crippen molar-refractivity contribution in [1.29, 1.82) is 0 Å². The number of ether oxygens (including phenoxy) is 3. The van der Waals surface area contributed by atoms with Crippen LogP contribution in [-0.2, 0) is 0 Å². The molecule has 0 aliphatic carbocycles. The van der Waals surface area contributed by atoms with Crippen LogP contribution in [-0.4, -0.2) is 31.3 Å². The van der Waals surface area contributed by atoms with Gasteiger partial charge in [-0.15, -0.1) is 0 Å². The van der Waals surface area contributed by atoms with Gasteiger partial charge in [0.2, 0.25) is 5.75 Å². The molecule has 0 fully saturated rings. The molecule has 0 amide bonds. The second-order valence-electron chi connectivity index (χ2n) is 6.54. The Hall–Kier alpha value is -3.67. The summed E-state index contributed by atoms with van der Waals surface area (Å²) in [7, 11) is 4.84. The first-order chi connectivity index (χ1) is 14.2. The molecule has 0 saturated heterocycles. The second-order valence-corrected chi connectivity index (χ2v) is 6.54. The van der Waals surface area contributed by atoms with E-state index in [0.29, 0.717) is 17.2 Å². The Morgan fingerprint density at radius 2 is 1.62 bits per heavy atom. The number of hydrogen-bond acceptors (Lipinski definition) is 5. The molecule has 0 bridgehead atoms. The smallest absolute Gasteiger partial charge is 0.203 e. The van der Waals surface area contributed by atoms with Crippen molar-refractivity contribution >= 4 is 16.7 Å². The molecule has 2 aromatic heterocycles. The minimum absolute atomic E-state index is 0.185. The lowest BCUT2D eigenvalue weighted by atomic mass is 9.97. The summed E-state index contributed by atoms with van der Waals surface area (Å²) in [5.74, 6) is 2.55. The summed E-state index contributed by atoms with van der Waals surface area (Å²) in [6.07, 6.45) is 3.79. The van der Waals surface area contributed by atoms with Crippen LogP contribution in [0.4, 0.5) is 5.82 Å². The van der Waals surface area contributed by atoms with Crippen molar-refractivity contribution in [3.63, 3.8) is 0 Å². The number of rotatable bonds is 7. The van der Waals surface area contributed by atoms with Gasteiger partial charge in [0.25, 0.3) is 0 Å². The van der Waals surface area contributed by atoms with Gasteiger partial charge in [-0.1, -0.05) is 24.3 Å². The molecule has 0 spiro atoms. The molecule has 0 aliphatic heterocycles. The summed E-state index contributed by atoms with van der Waals surface area (Å²) in [6.45, 7) is 0. The molecule has 1 unspecified atom stereocenters. The third-order valence-corrected chi connectivity index (χ3v) is 4.91. The molecule has 4 aromatic rings. The van der Waals surface area contributed by atoms with Gasteiger partial charge in [-0.25, -0.2) is 4.98 Å². The number of para-hydroxylation sites is 1. The number of nitrogens with one attached hydrogen (secondary N) is 2. The van der Waals surface area contributed by atoms with Gasteiger partial charge in [0.1, 0.15) is 5.82 Å². The normalized spacial score (nSPS) is 11.8. The van der Waals surface area contributed by atoms with Gasteiger partial charge in [0.05, 0.1) is 27.4 Å². The summed E-state index contributed by atoms with van der Waals surface area (Å²) < 4.78 is 16.6. The van der Waals surface area contributed by atoms with E-state index in [-0.39, 0.29) is 6.04 Å². The molecule has 2 aromatic carbocycles. The van der Waals surface area contributed by atoms with Gasteiger partial charge < -0.3 is 24.5 Å². The number of H-pyrrole nitrogens is 1. The van der Waals surface area contributed by atoms with E-state index in [9.17, 15) is 0 Å². The lowest BCUT2D eigenvalue weighted by molar-refractivity contribution is 0.323. The number of aromatic amines is 1. The van der Waals surface area contributed by atoms with Crippen molar-refractivity contribution in [2.24, 2.45) is 0 Å². The van der Waals surface area contributed by atoms with Crippen LogP contribution in [0.15, 0.2) is 67.0 Å². The van der Waals surface area contributed by atoms with Gasteiger partial charge in [-0.05, 0) is 35.9 Å². The van der Waals surface area contributed by atoms with E-state index in [4.69, 9.17) is 14.2 Å². The van der Waals surface area contributed by atoms with E-state index in [0.717, 1.165) is 27.8 Å². The number of fused-ring (bicyclic) bond motifs is 1. The van der Waals surface area contributed by atoms with Crippen molar-refractivity contribution in [2.45, 2.75) is 6.04 Å². The molecule has 2 heterocycles. The Morgan fingerprint density at radius 1 is 0.897 bits per heavy atom. The maximum Gasteiger partial charge on any atom is 0.203 e. The number of benzene rings is 2. The second kappa shape index (κ2) is 8.14. The van der Waals surface area contributed by atoms with Crippen LogP contribution < -0.4 is 19.5 Å². The number of aromatic nitrogens is 2. The van der Waals surface area contributed by atoms with Gasteiger partial charge in [-0.2, -0.15) is 0 Å². The van der Waals surface area contributed by atoms with Gasteiger partial charge in [-0.3, -0.25) is 0 Å². The fourth-order valence-electron chi connectivity index (χ4n) is 3.54. The Labute approximate surface area is 169 Å². The SMILES string of the molecule is COc1cc(C(Nc2ccccn2)c2c[nH]c3ccccc23)cc(OC)c1OC. The first kappa shape index (κ1) is 18.7. The molecule has 4 rings (SSSR count). The maximum atomic E-state index is 5.57. The average Bonchev–Trinajstić information content (AvgIpc) is 3.21. The summed E-state index contributed by atoms with van der Waals surface area (Å²) in [4.78, 5) is 7.80. The quantitative estimate of drug-likeness (QED) is 0.476. The van der Waals surface area contributed by atoms with Crippen LogP contribution in [0, 0.1) is 0 Å². The number of methoxy groups -OCH3 is 3. The van der Waals surface area contributed by atoms with Crippen LogP contribution in [0.25, 0.3) is 10.9 Å². The molecule has 6 heteroatoms. The van der Waals surface area contributed by atoms with Crippen molar-refractivity contribution in [2.75, 3.05) is 26.6 Å². The first-order valence-electron chi connectivity index (χ1n) is 9.28. The minimum atomic E-state index is -0.185. The van der Waals surface area contributed by atoms with Crippen LogP contribution >= 0.6 is 0 Å². The summed E-state index contributed by atoms with van der Waals surface area (Å²) in [5, 5.41) is 4.68. The largest absolute Gasteiger partial charge is 0.493 e. The van der Waals surface area contributed by atoms with E-state index >= 15 is 0 Å². The molecule has 0 aliphatic rings. The highest BCUT2D eigenvalue weighted by Crippen LogP contribution is 2.42. The summed E-state index contributed by atoms with van der Waals surface area (Å²) in [5.41, 5.74) is 3.14. The van der Waals surface area contributed by atoms with Crippen molar-refractivity contribution < 1.29 is 14.2 Å². The zero-order valence-electron chi connectivity index (χ0n) is 16.6. The highest BCUT2D eigenvalue weighted by atomic mass is 16.5. The molecule has 2 N–H and O–H groups in total. The summed E-state index contributed by atoms with van der Waals surface area (Å²) in [6, 6.07) is 17.7. The van der Waals surface area contributed by atoms with Crippen LogP contribution in [0.2, 0.25) is 0 Å². The van der Waals surface area contributed by atoms with E-state index in [1.165, 1.54) is 0 Å². The van der Waals surface area contributed by atoms with E-state index < -0.39 is 0 Å². The Morgan fingerprint density at radius 3 is 2.28 bits per heavy atom. The Balaban J connectivity index is 1.89. The monoisotopic (exact) mass is 389 g/mol. The van der Waals surface area contributed by atoms with E-state index in [1.807, 2.05) is 48.7 Å². The standard InChI is InChI=1S/C23H23N3O3/c1-27-19-12-15(13-20(28-2)23(19)29-3)22(26-21-10-6-7-11-24-21)17-14-25-18-9-5-4-8-16(17)18/h4-14,22,25H,1-3H3,(H,24,26). The van der Waals surface area contributed by atoms with Gasteiger partial charge >= 0.3 is 0 Å². The molecular weight excluding hydrogens is 366 g/mol. The molecule has 1 atom stereocenters. The molecule has 148 valence electrons. The first-order valence-corrected chi connectivity index (χ1v) is 9.28. The van der Waals surface area contributed by atoms with E-state index in [2.05, 4.69) is 27.4 Å². The zero-order chi connectivity index (χ0) is 20.2. The number of pyridine rings is 1. The fraction of sp³-hybridized carbons (Fsp3) is 0.174. The molecule has 29 heavy (non-hydrogen) atoms. The van der Waals surface area contributed by atoms with Crippen molar-refractivity contribution in [3.05, 3.63) is 78.1 Å². The average molecular weight is 389 g/mol. The van der Waals surface area contributed by atoms with Gasteiger partial charge in [0, 0.05) is 28.9 Å². The molecule has 6 nitrogen and oxygen atoms in total. The molecule has 0 saturated carbocycles. The molecule has 0 radical (unpaired) electrons. The lowest BCUT2D eigenvalue weighted by Gasteiger charge is -2.22. The van der Waals surface area contributed by atoms with Crippen molar-refractivity contribution in [1.82, 2.24) is 9.97 Å². The third kappa shape index (κ3) is 3.57. The van der Waals surface area contributed by atoms with E-state index in [1.54, 1.807) is 27.5 Å². The maximum absolute atomic E-state index is 5.57. The predicted molar refractivity (Wildman–Crippen MR) is 114 cm³/mol. The van der Waals surface area contributed by atoms with Crippen molar-refractivity contribution in [3.8, 4) is 17.2 Å². The van der Waals surface area contributed by atoms with Crippen LogP contribution in [0.3, 0.4) is 0 Å². The minimum Gasteiger partial charge on any atom is -0.493 e. The number of anilines is 1. The van der Waals surface area contributed by atoms with Crippen LogP contribution in [0.1, 0.15) is 17.2 Å². The fourth-order valence-corrected chi connectivity index (χ4v) is 3.54. The Kier molecular flexibility index (Phi) is 5.24. The number of hydrogen-bond donors (Lipinski definition) is 2. The number of nitrogens with zero attached hydrogens (tertiary/aromatic N) is 1. The molecular formula is C23H23N3O3. The topological polar surface area (TPSA) is 68.4 Å². The lowest BCUT2D eigenvalue weighted by Crippen LogP contribution is -2.13.